The molecule has 0 saturated heterocycles. The van der Waals surface area contributed by atoms with Gasteiger partial charge in [0.15, 0.2) is 8.32 Å². The lowest BCUT2D eigenvalue weighted by Crippen LogP contribution is -2.60. The van der Waals surface area contributed by atoms with E-state index in [1.807, 2.05) is 0 Å². The molecule has 0 aromatic carbocycles. The van der Waals surface area contributed by atoms with Gasteiger partial charge in [-0.25, -0.2) is 9.59 Å². The molecule has 0 aliphatic rings. The minimum atomic E-state index is -2.11. The highest BCUT2D eigenvalue weighted by atomic mass is 28.4. The Balaban J connectivity index is 4.79. The monoisotopic (exact) mass is 636 g/mol. The third-order valence-electron chi connectivity index (χ3n) is 8.81. The molecule has 0 rings (SSSR count). The van der Waals surface area contributed by atoms with Crippen LogP contribution in [0.5, 0.6) is 0 Å². The molecular weight excluding hydrogens is 573 g/mol. The maximum Gasteiger partial charge on any atom is 0.407 e. The first-order valence-corrected chi connectivity index (χ1v) is 25.1. The zero-order chi connectivity index (χ0) is 31.8. The van der Waals surface area contributed by atoms with Crippen molar-refractivity contribution in [3.8, 4) is 0 Å². The van der Waals surface area contributed by atoms with Crippen molar-refractivity contribution in [3.05, 3.63) is 0 Å². The van der Waals surface area contributed by atoms with E-state index in [4.69, 9.17) is 24.1 Å². The third-order valence-corrected chi connectivity index (χ3v) is 22.3. The molecule has 41 heavy (non-hydrogen) atoms. The maximum atomic E-state index is 11.9. The van der Waals surface area contributed by atoms with Crippen LogP contribution >= 0.6 is 0 Å². The molecule has 0 spiro atoms. The number of carbonyl (C=O) groups is 2. The fourth-order valence-electron chi connectivity index (χ4n) is 5.05. The first kappa shape index (κ1) is 40.1. The number of ether oxygens (including phenoxy) is 2. The van der Waals surface area contributed by atoms with Gasteiger partial charge in [0.25, 0.3) is 0 Å². The number of hydrogen-bond donors (Lipinski definition) is 4. The zero-order valence-electron chi connectivity index (χ0n) is 28.0. The first-order valence-electron chi connectivity index (χ1n) is 15.6. The van der Waals surface area contributed by atoms with E-state index in [0.29, 0.717) is 52.0 Å². The molecule has 9 nitrogen and oxygen atoms in total. The summed E-state index contributed by atoms with van der Waals surface area (Å²) in [6, 6.07) is 3.35. The molecule has 0 saturated carbocycles. The van der Waals surface area contributed by atoms with Crippen LogP contribution in [0, 0.1) is 0 Å². The van der Waals surface area contributed by atoms with Crippen LogP contribution in [0.2, 0.25) is 62.5 Å². The molecule has 0 aromatic rings. The summed E-state index contributed by atoms with van der Waals surface area (Å²) >= 11 is 0. The number of unbranched alkanes of at least 4 members (excludes halogenated alkanes) is 2. The standard InChI is InChI=1S/C29H64N2O7Si3/c1-28(2,25-39(5,6)23-15-17-30-26(34)36-21-13-11-19-32)41(9,10)38-29(3,4)40(7,8)24-16-18-31-27(35)37-22-14-12-20-33/h32-33H,11-25H2,1-10H3,(H,30,34)(H,31,35). The highest BCUT2D eigenvalue weighted by Gasteiger charge is 2.50. The Kier molecular flexibility index (Phi) is 18.2. The van der Waals surface area contributed by atoms with E-state index in [1.165, 1.54) is 6.04 Å². The van der Waals surface area contributed by atoms with Gasteiger partial charge in [0.1, 0.15) is 0 Å². The molecular formula is C29H64N2O7Si3. The smallest absolute Gasteiger partial charge is 0.407 e. The lowest BCUT2D eigenvalue weighted by atomic mass is 10.2. The fourth-order valence-corrected chi connectivity index (χ4v) is 17.0. The Labute approximate surface area is 254 Å². The summed E-state index contributed by atoms with van der Waals surface area (Å²) in [5, 5.41) is 23.3. The van der Waals surface area contributed by atoms with Crippen molar-refractivity contribution in [2.45, 2.75) is 134 Å². The Hall–Kier alpha value is -0.929. The summed E-state index contributed by atoms with van der Waals surface area (Å²) in [5.41, 5.74) is 0. The van der Waals surface area contributed by atoms with Gasteiger partial charge < -0.3 is 34.7 Å². The fraction of sp³-hybridized carbons (Fsp3) is 0.931. The normalized spacial score (nSPS) is 13.2. The summed E-state index contributed by atoms with van der Waals surface area (Å²) < 4.78 is 17.5. The van der Waals surface area contributed by atoms with E-state index < -0.39 is 24.5 Å². The molecule has 0 unspecified atom stereocenters. The Morgan fingerprint density at radius 3 is 1.56 bits per heavy atom. The van der Waals surface area contributed by atoms with E-state index >= 15 is 0 Å². The molecule has 0 fully saturated rings. The van der Waals surface area contributed by atoms with Crippen LogP contribution in [-0.2, 0) is 13.9 Å². The first-order chi connectivity index (χ1) is 18.8. The van der Waals surface area contributed by atoms with Gasteiger partial charge in [-0.2, -0.15) is 0 Å². The molecule has 0 aromatic heterocycles. The van der Waals surface area contributed by atoms with Crippen molar-refractivity contribution in [2.75, 3.05) is 39.5 Å². The summed E-state index contributed by atoms with van der Waals surface area (Å²) in [6.45, 7) is 25.8. The number of rotatable bonds is 22. The van der Waals surface area contributed by atoms with Crippen LogP contribution in [0.1, 0.15) is 66.2 Å². The number of amides is 2. The summed E-state index contributed by atoms with van der Waals surface area (Å²) in [6.07, 6.45) is 3.72. The van der Waals surface area contributed by atoms with Crippen LogP contribution in [-0.4, -0.2) is 91.6 Å². The molecule has 0 bridgehead atoms. The third kappa shape index (κ3) is 16.5. The highest BCUT2D eigenvalue weighted by Crippen LogP contribution is 2.48. The maximum absolute atomic E-state index is 11.9. The second-order valence-electron chi connectivity index (χ2n) is 14.4. The Morgan fingerprint density at radius 1 is 0.683 bits per heavy atom. The van der Waals surface area contributed by atoms with Crippen LogP contribution < -0.4 is 10.6 Å². The lowest BCUT2D eigenvalue weighted by Gasteiger charge is -2.51. The van der Waals surface area contributed by atoms with E-state index in [9.17, 15) is 9.59 Å². The molecule has 244 valence electrons. The molecule has 0 radical (unpaired) electrons. The van der Waals surface area contributed by atoms with E-state index in [2.05, 4.69) is 77.6 Å². The van der Waals surface area contributed by atoms with Gasteiger partial charge in [0.05, 0.1) is 21.3 Å². The minimum Gasteiger partial charge on any atom is -0.450 e. The van der Waals surface area contributed by atoms with Crippen LogP contribution in [0.4, 0.5) is 9.59 Å². The Bertz CT molecular complexity index is 763. The number of hydrogen-bond acceptors (Lipinski definition) is 7. The van der Waals surface area contributed by atoms with Crippen LogP contribution in [0.15, 0.2) is 0 Å². The largest absolute Gasteiger partial charge is 0.450 e. The average Bonchev–Trinajstić information content (AvgIpc) is 2.83. The molecule has 4 N–H and O–H groups in total. The highest BCUT2D eigenvalue weighted by molar-refractivity contribution is 6.84. The molecule has 0 aliphatic heterocycles. The minimum absolute atomic E-state index is 0.102. The van der Waals surface area contributed by atoms with Crippen LogP contribution in [0.25, 0.3) is 0 Å². The number of aliphatic hydroxyl groups excluding tert-OH is 2. The van der Waals surface area contributed by atoms with Gasteiger partial charge in [0, 0.05) is 39.6 Å². The molecule has 2 amide bonds. The number of nitrogens with one attached hydrogen (secondary N) is 2. The second-order valence-corrected chi connectivity index (χ2v) is 29.7. The van der Waals surface area contributed by atoms with Gasteiger partial charge in [0.2, 0.25) is 0 Å². The number of carbonyl (C=O) groups excluding carboxylic acids is 2. The van der Waals surface area contributed by atoms with Gasteiger partial charge in [-0.3, -0.25) is 0 Å². The van der Waals surface area contributed by atoms with Crippen LogP contribution in [0.3, 0.4) is 0 Å². The van der Waals surface area contributed by atoms with Gasteiger partial charge in [-0.15, -0.1) is 0 Å². The van der Waals surface area contributed by atoms with Crippen molar-refractivity contribution in [1.29, 1.82) is 0 Å². The van der Waals surface area contributed by atoms with E-state index in [-0.39, 0.29) is 35.7 Å². The van der Waals surface area contributed by atoms with Crippen molar-refractivity contribution >= 4 is 36.7 Å². The van der Waals surface area contributed by atoms with Gasteiger partial charge >= 0.3 is 12.2 Å². The SMILES string of the molecule is CC(C)(O[Si](C)(C)C(C)(C)C[Si](C)(C)CCCNC(=O)OCCCCO)[Si](C)(C)CCCNC(=O)OCCCCO. The van der Waals surface area contributed by atoms with Crippen molar-refractivity contribution in [1.82, 2.24) is 10.6 Å². The molecule has 0 heterocycles. The zero-order valence-corrected chi connectivity index (χ0v) is 31.0. The van der Waals surface area contributed by atoms with Crippen molar-refractivity contribution < 1.29 is 33.7 Å². The quantitative estimate of drug-likeness (QED) is 0.0789. The molecule has 0 aliphatic carbocycles. The molecule has 12 heteroatoms. The summed E-state index contributed by atoms with van der Waals surface area (Å²) in [4.78, 5) is 23.7. The van der Waals surface area contributed by atoms with E-state index in [0.717, 1.165) is 24.9 Å². The van der Waals surface area contributed by atoms with Gasteiger partial charge in [-0.1, -0.05) is 58.2 Å². The summed E-state index contributed by atoms with van der Waals surface area (Å²) in [7, 11) is -5.45. The van der Waals surface area contributed by atoms with E-state index in [1.54, 1.807) is 0 Å². The lowest BCUT2D eigenvalue weighted by molar-refractivity contribution is 0.140. The Morgan fingerprint density at radius 2 is 1.12 bits per heavy atom. The summed E-state index contributed by atoms with van der Waals surface area (Å²) in [5.74, 6) is 0. The second kappa shape index (κ2) is 18.7. The van der Waals surface area contributed by atoms with Crippen molar-refractivity contribution in [2.24, 2.45) is 0 Å². The molecule has 0 atom stereocenters. The predicted molar refractivity (Wildman–Crippen MR) is 177 cm³/mol. The number of alkyl carbamates (subject to hydrolysis) is 2. The average molecular weight is 637 g/mol. The topological polar surface area (TPSA) is 126 Å². The van der Waals surface area contributed by atoms with Crippen molar-refractivity contribution in [3.63, 3.8) is 0 Å². The van der Waals surface area contributed by atoms with Gasteiger partial charge in [-0.05, 0) is 70.5 Å². The number of aliphatic hydroxyl groups is 2. The predicted octanol–water partition coefficient (Wildman–Crippen LogP) is 6.50.